The predicted molar refractivity (Wildman–Crippen MR) is 111 cm³/mol. The summed E-state index contributed by atoms with van der Waals surface area (Å²) in [4.78, 5) is 12.1. The van der Waals surface area contributed by atoms with Crippen LogP contribution in [-0.2, 0) is 4.79 Å². The molecule has 0 saturated heterocycles. The van der Waals surface area contributed by atoms with E-state index in [2.05, 4.69) is 11.4 Å². The number of hydrogen-bond acceptors (Lipinski definition) is 5. The Hall–Kier alpha value is -3.98. The summed E-state index contributed by atoms with van der Waals surface area (Å²) in [6, 6.07) is 24.4. The summed E-state index contributed by atoms with van der Waals surface area (Å²) in [6.07, 6.45) is -0.240. The van der Waals surface area contributed by atoms with Crippen LogP contribution < -0.4 is 19.5 Å². The molecular weight excluding hydrogens is 380 g/mol. The number of carbonyl (C=O) groups excluding carboxylic acids is 1. The third kappa shape index (κ3) is 4.70. The van der Waals surface area contributed by atoms with Crippen LogP contribution in [0.3, 0.4) is 0 Å². The fraction of sp³-hybridized carbons (Fsp3) is 0.167. The smallest absolute Gasteiger partial charge is 0.258 e. The Morgan fingerprint density at radius 2 is 1.67 bits per heavy atom. The third-order valence-corrected chi connectivity index (χ3v) is 4.67. The molecule has 6 heteroatoms. The maximum atomic E-state index is 12.1. The van der Waals surface area contributed by atoms with E-state index < -0.39 is 0 Å². The quantitative estimate of drug-likeness (QED) is 0.684. The first-order valence-corrected chi connectivity index (χ1v) is 9.60. The van der Waals surface area contributed by atoms with E-state index in [0.29, 0.717) is 36.0 Å². The van der Waals surface area contributed by atoms with Gasteiger partial charge in [-0.15, -0.1) is 0 Å². The Morgan fingerprint density at radius 3 is 2.37 bits per heavy atom. The highest BCUT2D eigenvalue weighted by Gasteiger charge is 2.21. The monoisotopic (exact) mass is 400 g/mol. The van der Waals surface area contributed by atoms with Gasteiger partial charge in [-0.2, -0.15) is 5.26 Å². The first-order chi connectivity index (χ1) is 14.7. The van der Waals surface area contributed by atoms with Crippen molar-refractivity contribution in [2.75, 3.05) is 19.8 Å². The fourth-order valence-electron chi connectivity index (χ4n) is 3.07. The highest BCUT2D eigenvalue weighted by atomic mass is 16.6. The minimum atomic E-state index is -0.240. The van der Waals surface area contributed by atoms with Crippen molar-refractivity contribution in [3.8, 4) is 34.4 Å². The van der Waals surface area contributed by atoms with E-state index >= 15 is 0 Å². The maximum Gasteiger partial charge on any atom is 0.258 e. The molecule has 0 aromatic heterocycles. The van der Waals surface area contributed by atoms with Crippen molar-refractivity contribution < 1.29 is 19.0 Å². The molecule has 0 fully saturated rings. The van der Waals surface area contributed by atoms with Crippen molar-refractivity contribution in [1.29, 1.82) is 5.26 Å². The van der Waals surface area contributed by atoms with Crippen LogP contribution in [0.2, 0.25) is 0 Å². The van der Waals surface area contributed by atoms with Crippen LogP contribution in [0, 0.1) is 11.3 Å². The number of carbonyl (C=O) groups is 1. The third-order valence-electron chi connectivity index (χ3n) is 4.67. The number of nitriles is 1. The van der Waals surface area contributed by atoms with Gasteiger partial charge < -0.3 is 19.5 Å². The van der Waals surface area contributed by atoms with E-state index in [-0.39, 0.29) is 18.6 Å². The van der Waals surface area contributed by atoms with Crippen LogP contribution in [0.15, 0.2) is 72.8 Å². The number of nitrogens with zero attached hydrogens (tertiary/aromatic N) is 1. The molecular formula is C24H20N2O4. The topological polar surface area (TPSA) is 80.6 Å². The van der Waals surface area contributed by atoms with Crippen LogP contribution in [0.25, 0.3) is 11.1 Å². The Labute approximate surface area is 174 Å². The number of hydrogen-bond donors (Lipinski definition) is 1. The molecule has 0 aliphatic carbocycles. The number of benzene rings is 3. The fourth-order valence-corrected chi connectivity index (χ4v) is 3.07. The molecule has 150 valence electrons. The number of fused-ring (bicyclic) bond motifs is 1. The van der Waals surface area contributed by atoms with Crippen LogP contribution in [0.5, 0.6) is 17.2 Å². The van der Waals surface area contributed by atoms with Gasteiger partial charge in [-0.25, -0.2) is 0 Å². The normalized spacial score (nSPS) is 14.4. The van der Waals surface area contributed by atoms with Gasteiger partial charge in [-0.1, -0.05) is 36.4 Å². The second-order valence-electron chi connectivity index (χ2n) is 6.80. The zero-order valence-electron chi connectivity index (χ0n) is 16.2. The van der Waals surface area contributed by atoms with Crippen LogP contribution >= 0.6 is 0 Å². The lowest BCUT2D eigenvalue weighted by Gasteiger charge is -2.26. The average molecular weight is 400 g/mol. The molecule has 4 rings (SSSR count). The van der Waals surface area contributed by atoms with E-state index in [1.807, 2.05) is 60.7 Å². The Kier molecular flexibility index (Phi) is 5.81. The van der Waals surface area contributed by atoms with Gasteiger partial charge in [0.2, 0.25) is 0 Å². The predicted octanol–water partition coefficient (Wildman–Crippen LogP) is 3.56. The molecule has 1 amide bonds. The lowest BCUT2D eigenvalue weighted by molar-refractivity contribution is -0.123. The van der Waals surface area contributed by atoms with Gasteiger partial charge in [-0.3, -0.25) is 4.79 Å². The zero-order chi connectivity index (χ0) is 20.8. The largest absolute Gasteiger partial charge is 0.486 e. The van der Waals surface area contributed by atoms with E-state index in [1.54, 1.807) is 12.1 Å². The summed E-state index contributed by atoms with van der Waals surface area (Å²) >= 11 is 0. The SMILES string of the molecule is N#Cc1ccc(-c2ccc(OCC(=O)NC[C@H]3COc4ccccc4O3)cc2)cc1. The highest BCUT2D eigenvalue weighted by molar-refractivity contribution is 5.77. The lowest BCUT2D eigenvalue weighted by Crippen LogP contribution is -2.42. The van der Waals surface area contributed by atoms with Crippen LogP contribution in [0.4, 0.5) is 0 Å². The number of para-hydroxylation sites is 2. The summed E-state index contributed by atoms with van der Waals surface area (Å²) in [5.41, 5.74) is 2.64. The molecule has 1 aliphatic rings. The molecule has 1 heterocycles. The van der Waals surface area contributed by atoms with E-state index in [4.69, 9.17) is 19.5 Å². The van der Waals surface area contributed by atoms with Gasteiger partial charge >= 0.3 is 0 Å². The molecule has 1 N–H and O–H groups in total. The van der Waals surface area contributed by atoms with Gasteiger partial charge in [0.15, 0.2) is 18.1 Å². The van der Waals surface area contributed by atoms with Crippen molar-refractivity contribution in [3.05, 3.63) is 78.4 Å². The summed E-state index contributed by atoms with van der Waals surface area (Å²) in [5, 5.41) is 11.7. The highest BCUT2D eigenvalue weighted by Crippen LogP contribution is 2.30. The second-order valence-corrected chi connectivity index (χ2v) is 6.80. The molecule has 6 nitrogen and oxygen atoms in total. The van der Waals surface area contributed by atoms with Crippen LogP contribution in [0.1, 0.15) is 5.56 Å². The minimum Gasteiger partial charge on any atom is -0.486 e. The van der Waals surface area contributed by atoms with E-state index in [1.165, 1.54) is 0 Å². The van der Waals surface area contributed by atoms with Crippen molar-refractivity contribution in [2.45, 2.75) is 6.10 Å². The van der Waals surface area contributed by atoms with Gasteiger partial charge in [-0.05, 0) is 47.5 Å². The van der Waals surface area contributed by atoms with Crippen molar-refractivity contribution in [2.24, 2.45) is 0 Å². The summed E-state index contributed by atoms with van der Waals surface area (Å²) in [6.45, 7) is 0.642. The molecule has 3 aromatic rings. The van der Waals surface area contributed by atoms with Gasteiger partial charge in [0.1, 0.15) is 18.5 Å². The number of rotatable bonds is 6. The Balaban J connectivity index is 1.23. The molecule has 0 saturated carbocycles. The van der Waals surface area contributed by atoms with E-state index in [9.17, 15) is 4.79 Å². The average Bonchev–Trinajstić information content (AvgIpc) is 2.81. The summed E-state index contributed by atoms with van der Waals surface area (Å²) < 4.78 is 17.0. The Morgan fingerprint density at radius 1 is 1.00 bits per heavy atom. The second kappa shape index (κ2) is 9.01. The summed E-state index contributed by atoms with van der Waals surface area (Å²) in [7, 11) is 0. The van der Waals surface area contributed by atoms with Crippen molar-refractivity contribution in [3.63, 3.8) is 0 Å². The molecule has 0 radical (unpaired) electrons. The first kappa shape index (κ1) is 19.3. The maximum absolute atomic E-state index is 12.1. The molecule has 3 aromatic carbocycles. The number of ether oxygens (including phenoxy) is 3. The molecule has 30 heavy (non-hydrogen) atoms. The standard InChI is InChI=1S/C24H20N2O4/c25-13-17-5-7-18(8-6-17)19-9-11-20(12-10-19)28-16-24(27)26-14-21-15-29-22-3-1-2-4-23(22)30-21/h1-12,21H,14-16H2,(H,26,27)/t21-/m0/s1. The number of nitrogens with one attached hydrogen (secondary N) is 1. The molecule has 1 aliphatic heterocycles. The lowest BCUT2D eigenvalue weighted by atomic mass is 10.0. The minimum absolute atomic E-state index is 0.0830. The van der Waals surface area contributed by atoms with Gasteiger partial charge in [0.05, 0.1) is 18.2 Å². The molecule has 0 unspecified atom stereocenters. The molecule has 1 atom stereocenters. The van der Waals surface area contributed by atoms with Crippen molar-refractivity contribution >= 4 is 5.91 Å². The van der Waals surface area contributed by atoms with Crippen LogP contribution in [-0.4, -0.2) is 31.8 Å². The number of amides is 1. The van der Waals surface area contributed by atoms with E-state index in [0.717, 1.165) is 11.1 Å². The van der Waals surface area contributed by atoms with Gasteiger partial charge in [0, 0.05) is 0 Å². The van der Waals surface area contributed by atoms with Crippen molar-refractivity contribution in [1.82, 2.24) is 5.32 Å². The van der Waals surface area contributed by atoms with Gasteiger partial charge in [0.25, 0.3) is 5.91 Å². The first-order valence-electron chi connectivity index (χ1n) is 9.60. The Bertz CT molecular complexity index is 1060. The zero-order valence-corrected chi connectivity index (χ0v) is 16.2. The molecule has 0 bridgehead atoms. The summed E-state index contributed by atoms with van der Waals surface area (Å²) in [5.74, 6) is 1.77. The molecule has 0 spiro atoms.